The van der Waals surface area contributed by atoms with Gasteiger partial charge in [-0.1, -0.05) is 140 Å². The van der Waals surface area contributed by atoms with E-state index in [0.717, 1.165) is 77.0 Å². The highest BCUT2D eigenvalue weighted by Crippen LogP contribution is 2.30. The van der Waals surface area contributed by atoms with Crippen molar-refractivity contribution in [2.75, 3.05) is 19.8 Å². The van der Waals surface area contributed by atoms with Gasteiger partial charge in [0.25, 0.3) is 0 Å². The van der Waals surface area contributed by atoms with Crippen molar-refractivity contribution in [3.8, 4) is 0 Å². The van der Waals surface area contributed by atoms with Crippen LogP contribution in [0.15, 0.2) is 36.5 Å². The number of unbranched alkanes of at least 4 members (excludes halogenated alkanes) is 15. The van der Waals surface area contributed by atoms with Gasteiger partial charge in [0, 0.05) is 6.42 Å². The Labute approximate surface area is 360 Å². The third kappa shape index (κ3) is 21.5. The van der Waals surface area contributed by atoms with Crippen molar-refractivity contribution in [3.05, 3.63) is 36.5 Å². The van der Waals surface area contributed by atoms with Gasteiger partial charge in [-0.2, -0.15) is 0 Å². The molecule has 1 amide bonds. The van der Waals surface area contributed by atoms with Crippen molar-refractivity contribution < 1.29 is 64.6 Å². The van der Waals surface area contributed by atoms with E-state index in [4.69, 9.17) is 18.9 Å². The molecule has 2 fully saturated rings. The maximum atomic E-state index is 13.1. The molecule has 9 N–H and O–H groups in total. The van der Waals surface area contributed by atoms with Crippen molar-refractivity contribution in [3.63, 3.8) is 0 Å². The fourth-order valence-corrected chi connectivity index (χ4v) is 7.54. The Morgan fingerprint density at radius 1 is 0.617 bits per heavy atom. The lowest BCUT2D eigenvalue weighted by molar-refractivity contribution is -0.359. The predicted molar refractivity (Wildman–Crippen MR) is 231 cm³/mol. The zero-order valence-corrected chi connectivity index (χ0v) is 36.7. The fraction of sp³-hybridized carbons (Fsp3) is 0.848. The van der Waals surface area contributed by atoms with E-state index in [0.29, 0.717) is 19.3 Å². The number of hydrogen-bond donors (Lipinski definition) is 9. The number of rotatable bonds is 34. The number of ether oxygens (including phenoxy) is 4. The summed E-state index contributed by atoms with van der Waals surface area (Å²) >= 11 is 0. The van der Waals surface area contributed by atoms with Crippen LogP contribution in [0.25, 0.3) is 0 Å². The minimum absolute atomic E-state index is 0.222. The monoisotopic (exact) mass is 858 g/mol. The summed E-state index contributed by atoms with van der Waals surface area (Å²) < 4.78 is 22.6. The van der Waals surface area contributed by atoms with Crippen LogP contribution in [0.4, 0.5) is 0 Å². The summed E-state index contributed by atoms with van der Waals surface area (Å²) in [4.78, 5) is 13.1. The molecule has 12 unspecified atom stereocenters. The summed E-state index contributed by atoms with van der Waals surface area (Å²) in [7, 11) is 0. The van der Waals surface area contributed by atoms with Crippen molar-refractivity contribution in [2.45, 2.75) is 229 Å². The smallest absolute Gasteiger partial charge is 0.220 e. The average molecular weight is 858 g/mol. The summed E-state index contributed by atoms with van der Waals surface area (Å²) in [5, 5.41) is 86.5. The molecule has 0 radical (unpaired) electrons. The summed E-state index contributed by atoms with van der Waals surface area (Å²) in [5.74, 6) is -0.222. The third-order valence-corrected chi connectivity index (χ3v) is 11.4. The van der Waals surface area contributed by atoms with Gasteiger partial charge in [-0.3, -0.25) is 4.79 Å². The number of carbonyl (C=O) groups excluding carboxylic acids is 1. The minimum Gasteiger partial charge on any atom is -0.394 e. The first-order valence-electron chi connectivity index (χ1n) is 23.2. The highest BCUT2D eigenvalue weighted by Gasteiger charge is 2.51. The molecule has 2 aliphatic heterocycles. The van der Waals surface area contributed by atoms with Crippen molar-refractivity contribution in [2.24, 2.45) is 0 Å². The van der Waals surface area contributed by atoms with Crippen molar-refractivity contribution in [1.82, 2.24) is 5.32 Å². The maximum absolute atomic E-state index is 13.1. The first kappa shape index (κ1) is 54.3. The lowest BCUT2D eigenvalue weighted by Crippen LogP contribution is -2.65. The van der Waals surface area contributed by atoms with Gasteiger partial charge in [-0.15, -0.1) is 0 Å². The van der Waals surface area contributed by atoms with E-state index in [1.807, 2.05) is 0 Å². The topological polar surface area (TPSA) is 228 Å². The largest absolute Gasteiger partial charge is 0.394 e. The van der Waals surface area contributed by atoms with E-state index in [1.165, 1.54) is 44.9 Å². The molecule has 2 aliphatic rings. The summed E-state index contributed by atoms with van der Waals surface area (Å²) in [6.45, 7) is 2.68. The molecule has 0 aromatic rings. The Bertz CT molecular complexity index is 1150. The van der Waals surface area contributed by atoms with Crippen LogP contribution < -0.4 is 5.32 Å². The number of allylic oxidation sites excluding steroid dienone is 6. The first-order chi connectivity index (χ1) is 29.1. The molecule has 2 heterocycles. The molecule has 14 nitrogen and oxygen atoms in total. The van der Waals surface area contributed by atoms with Crippen LogP contribution in [0.3, 0.4) is 0 Å². The van der Waals surface area contributed by atoms with Crippen molar-refractivity contribution >= 4 is 5.91 Å². The van der Waals surface area contributed by atoms with Crippen LogP contribution in [0.5, 0.6) is 0 Å². The number of aliphatic hydroxyl groups is 8. The molecule has 0 saturated carbocycles. The molecule has 0 aromatic carbocycles. The predicted octanol–water partition coefficient (Wildman–Crippen LogP) is 4.76. The van der Waals surface area contributed by atoms with Gasteiger partial charge in [0.15, 0.2) is 12.6 Å². The number of hydrogen-bond acceptors (Lipinski definition) is 13. The Hall–Kier alpha value is -1.79. The molecular formula is C46H83NO13. The Morgan fingerprint density at radius 3 is 1.77 bits per heavy atom. The van der Waals surface area contributed by atoms with E-state index in [1.54, 1.807) is 0 Å². The second kappa shape index (κ2) is 33.7. The zero-order valence-electron chi connectivity index (χ0n) is 36.7. The van der Waals surface area contributed by atoms with Gasteiger partial charge in [0.2, 0.25) is 5.91 Å². The molecule has 0 bridgehead atoms. The molecule has 14 heteroatoms. The number of aliphatic hydroxyl groups excluding tert-OH is 8. The van der Waals surface area contributed by atoms with Gasteiger partial charge in [-0.25, -0.2) is 0 Å². The van der Waals surface area contributed by atoms with Crippen molar-refractivity contribution in [1.29, 1.82) is 0 Å². The lowest BCUT2D eigenvalue weighted by atomic mass is 9.97. The molecule has 350 valence electrons. The highest BCUT2D eigenvalue weighted by molar-refractivity contribution is 5.76. The quantitative estimate of drug-likeness (QED) is 0.0315. The minimum atomic E-state index is -1.78. The fourth-order valence-electron chi connectivity index (χ4n) is 7.54. The van der Waals surface area contributed by atoms with E-state index < -0.39 is 86.8 Å². The second-order valence-electron chi connectivity index (χ2n) is 16.5. The van der Waals surface area contributed by atoms with Crippen LogP contribution >= 0.6 is 0 Å². The molecule has 60 heavy (non-hydrogen) atoms. The van der Waals surface area contributed by atoms with Gasteiger partial charge >= 0.3 is 0 Å². The zero-order chi connectivity index (χ0) is 44.0. The van der Waals surface area contributed by atoms with Crippen LogP contribution in [0, 0.1) is 0 Å². The number of nitrogens with one attached hydrogen (secondary N) is 1. The Kier molecular flexibility index (Phi) is 30.5. The number of amides is 1. The van der Waals surface area contributed by atoms with E-state index in [9.17, 15) is 45.6 Å². The Balaban J connectivity index is 1.84. The van der Waals surface area contributed by atoms with Crippen LogP contribution in [0.2, 0.25) is 0 Å². The Morgan fingerprint density at radius 2 is 1.15 bits per heavy atom. The van der Waals surface area contributed by atoms with Gasteiger partial charge < -0.3 is 65.1 Å². The first-order valence-corrected chi connectivity index (χ1v) is 23.2. The molecular weight excluding hydrogens is 774 g/mol. The molecule has 0 aliphatic carbocycles. The van der Waals surface area contributed by atoms with E-state index >= 15 is 0 Å². The molecule has 0 aromatic heterocycles. The lowest BCUT2D eigenvalue weighted by Gasteiger charge is -2.46. The second-order valence-corrected chi connectivity index (χ2v) is 16.5. The SMILES string of the molecule is CC/C=C\C/C=C\C/C=C\CCCCCCCCCC(=O)NC(COC1OC(CO)C(OC2OC(CO)C(O)C(O)C2O)C(O)C1O)C(O)CCCCCCCCCCC. The molecule has 12 atom stereocenters. The maximum Gasteiger partial charge on any atom is 0.220 e. The molecule has 0 spiro atoms. The standard InChI is InChI=1S/C46H83NO13/c1-3-5-7-9-11-13-14-15-16-17-18-19-20-22-24-26-28-30-38(51)47-34(35(50)29-27-25-23-21-12-10-8-6-4-2)33-57-45-43(56)41(54)44(37(32-49)59-45)60-46-42(55)40(53)39(52)36(31-48)58-46/h5,7,11,13,15-16,34-37,39-46,48-50,52-56H,3-4,6,8-10,12,14,17-33H2,1-2H3,(H,47,51)/b7-5-,13-11-,16-15-. The third-order valence-electron chi connectivity index (χ3n) is 11.4. The normalized spacial score (nSPS) is 28.6. The van der Waals surface area contributed by atoms with Gasteiger partial charge in [-0.05, 0) is 44.9 Å². The van der Waals surface area contributed by atoms with Gasteiger partial charge in [0.05, 0.1) is 32.0 Å². The van der Waals surface area contributed by atoms with Gasteiger partial charge in [0.1, 0.15) is 48.8 Å². The molecule has 2 saturated heterocycles. The van der Waals surface area contributed by atoms with E-state index in [-0.39, 0.29) is 12.5 Å². The summed E-state index contributed by atoms with van der Waals surface area (Å²) in [5.41, 5.74) is 0. The summed E-state index contributed by atoms with van der Waals surface area (Å²) in [6, 6.07) is -0.830. The average Bonchev–Trinajstić information content (AvgIpc) is 3.24. The van der Waals surface area contributed by atoms with Crippen LogP contribution in [0.1, 0.15) is 155 Å². The highest BCUT2D eigenvalue weighted by atomic mass is 16.7. The van der Waals surface area contributed by atoms with Crippen LogP contribution in [-0.2, 0) is 23.7 Å². The summed E-state index contributed by atoms with van der Waals surface area (Å²) in [6.07, 6.45) is 18.8. The van der Waals surface area contributed by atoms with E-state index in [2.05, 4.69) is 55.6 Å². The van der Waals surface area contributed by atoms with Crippen LogP contribution in [-0.4, -0.2) is 140 Å². The molecule has 2 rings (SSSR count). The number of carbonyl (C=O) groups is 1.